The molecular weight excluding hydrogens is 258 g/mol. The Hall–Kier alpha value is -0.900. The van der Waals surface area contributed by atoms with E-state index in [0.717, 1.165) is 6.54 Å². The van der Waals surface area contributed by atoms with Crippen LogP contribution in [0.5, 0.6) is 0 Å². The first-order chi connectivity index (χ1) is 10.4. The van der Waals surface area contributed by atoms with Crippen molar-refractivity contribution in [1.29, 1.82) is 0 Å². The molecule has 2 aliphatic heterocycles. The number of likely N-dealkylation sites (tertiary alicyclic amines) is 1. The molecule has 21 heavy (non-hydrogen) atoms. The van der Waals surface area contributed by atoms with E-state index < -0.39 is 0 Å². The molecule has 0 atom stereocenters. The maximum Gasteiger partial charge on any atom is 0.0234 e. The van der Waals surface area contributed by atoms with Gasteiger partial charge in [0.25, 0.3) is 0 Å². The minimum absolute atomic E-state index is 1.11. The van der Waals surface area contributed by atoms with E-state index in [1.54, 1.807) is 0 Å². The third-order valence-electron chi connectivity index (χ3n) is 4.90. The van der Waals surface area contributed by atoms with Crippen molar-refractivity contribution in [2.24, 2.45) is 0 Å². The lowest BCUT2D eigenvalue weighted by Crippen LogP contribution is -2.48. The summed E-state index contributed by atoms with van der Waals surface area (Å²) in [5, 5.41) is 0. The molecule has 0 bridgehead atoms. The molecule has 0 saturated carbocycles. The number of nitrogens with zero attached hydrogens (tertiary/aromatic N) is 3. The summed E-state index contributed by atoms with van der Waals surface area (Å²) in [5.41, 5.74) is 1.44. The van der Waals surface area contributed by atoms with Crippen molar-refractivity contribution >= 4 is 0 Å². The van der Waals surface area contributed by atoms with Crippen molar-refractivity contribution in [1.82, 2.24) is 14.7 Å². The second-order valence-corrected chi connectivity index (χ2v) is 6.51. The highest BCUT2D eigenvalue weighted by Gasteiger charge is 2.18. The summed E-state index contributed by atoms with van der Waals surface area (Å²) in [4.78, 5) is 7.89. The first-order valence-electron chi connectivity index (χ1n) is 8.61. The van der Waals surface area contributed by atoms with Gasteiger partial charge in [0.05, 0.1) is 0 Å². The predicted molar refractivity (Wildman–Crippen MR) is 88.5 cm³/mol. The van der Waals surface area contributed by atoms with E-state index >= 15 is 0 Å². The molecule has 3 rings (SSSR count). The smallest absolute Gasteiger partial charge is 0.0234 e. The Morgan fingerprint density at radius 2 is 1.19 bits per heavy atom. The van der Waals surface area contributed by atoms with E-state index in [4.69, 9.17) is 0 Å². The van der Waals surface area contributed by atoms with Crippen LogP contribution >= 0.6 is 0 Å². The molecule has 1 aromatic rings. The van der Waals surface area contributed by atoms with Gasteiger partial charge in [0.1, 0.15) is 0 Å². The van der Waals surface area contributed by atoms with Crippen molar-refractivity contribution in [2.75, 3.05) is 52.4 Å². The molecule has 2 heterocycles. The Balaban J connectivity index is 1.35. The molecule has 0 amide bonds. The Bertz CT molecular complexity index is 392. The standard InChI is InChI=1S/C18H29N3/c1-3-7-18(8-4-1)17-21-15-13-20(14-16-21)12-11-19-9-5-2-6-10-19/h1,3-4,7-8H,2,5-6,9-17H2. The van der Waals surface area contributed by atoms with Crippen LogP contribution in [-0.4, -0.2) is 67.1 Å². The number of hydrogen-bond acceptors (Lipinski definition) is 3. The van der Waals surface area contributed by atoms with Crippen LogP contribution in [-0.2, 0) is 6.54 Å². The highest BCUT2D eigenvalue weighted by atomic mass is 15.3. The third kappa shape index (κ3) is 4.80. The van der Waals surface area contributed by atoms with Crippen LogP contribution < -0.4 is 0 Å². The number of hydrogen-bond donors (Lipinski definition) is 0. The molecule has 1 aromatic carbocycles. The molecule has 0 aliphatic carbocycles. The summed E-state index contributed by atoms with van der Waals surface area (Å²) in [5.74, 6) is 0. The van der Waals surface area contributed by atoms with Gasteiger partial charge in [-0.3, -0.25) is 9.80 Å². The molecular formula is C18H29N3. The molecule has 0 N–H and O–H groups in total. The molecule has 0 unspecified atom stereocenters. The van der Waals surface area contributed by atoms with Gasteiger partial charge in [0.2, 0.25) is 0 Å². The zero-order valence-corrected chi connectivity index (χ0v) is 13.2. The molecule has 0 radical (unpaired) electrons. The monoisotopic (exact) mass is 287 g/mol. The third-order valence-corrected chi connectivity index (χ3v) is 4.90. The second kappa shape index (κ2) is 7.92. The molecule has 2 aliphatic rings. The van der Waals surface area contributed by atoms with Crippen molar-refractivity contribution in [2.45, 2.75) is 25.8 Å². The van der Waals surface area contributed by atoms with Gasteiger partial charge < -0.3 is 4.90 Å². The maximum absolute atomic E-state index is 2.65. The van der Waals surface area contributed by atoms with Crippen molar-refractivity contribution in [3.8, 4) is 0 Å². The second-order valence-electron chi connectivity index (χ2n) is 6.51. The van der Waals surface area contributed by atoms with E-state index in [0.29, 0.717) is 0 Å². The Morgan fingerprint density at radius 1 is 0.619 bits per heavy atom. The summed E-state index contributed by atoms with van der Waals surface area (Å²) in [6.07, 6.45) is 4.25. The number of rotatable bonds is 5. The van der Waals surface area contributed by atoms with Gasteiger partial charge in [-0.2, -0.15) is 0 Å². The number of benzene rings is 1. The zero-order chi connectivity index (χ0) is 14.3. The zero-order valence-electron chi connectivity index (χ0n) is 13.2. The van der Waals surface area contributed by atoms with E-state index in [1.807, 2.05) is 0 Å². The normalized spacial score (nSPS) is 22.5. The topological polar surface area (TPSA) is 9.72 Å². The van der Waals surface area contributed by atoms with Crippen LogP contribution in [0.2, 0.25) is 0 Å². The highest BCUT2D eigenvalue weighted by molar-refractivity contribution is 5.14. The highest BCUT2D eigenvalue weighted by Crippen LogP contribution is 2.10. The maximum atomic E-state index is 2.65. The summed E-state index contributed by atoms with van der Waals surface area (Å²) in [6, 6.07) is 10.9. The average Bonchev–Trinajstić information content (AvgIpc) is 2.56. The summed E-state index contributed by atoms with van der Waals surface area (Å²) in [6.45, 7) is 11.2. The van der Waals surface area contributed by atoms with E-state index in [2.05, 4.69) is 45.0 Å². The summed E-state index contributed by atoms with van der Waals surface area (Å²) in [7, 11) is 0. The summed E-state index contributed by atoms with van der Waals surface area (Å²) < 4.78 is 0. The molecule has 2 fully saturated rings. The first kappa shape index (κ1) is 15.0. The van der Waals surface area contributed by atoms with E-state index in [9.17, 15) is 0 Å². The predicted octanol–water partition coefficient (Wildman–Crippen LogP) is 2.29. The van der Waals surface area contributed by atoms with Gasteiger partial charge >= 0.3 is 0 Å². The minimum Gasteiger partial charge on any atom is -0.302 e. The largest absolute Gasteiger partial charge is 0.302 e. The molecule has 3 heteroatoms. The van der Waals surface area contributed by atoms with Gasteiger partial charge in [0.15, 0.2) is 0 Å². The van der Waals surface area contributed by atoms with Crippen LogP contribution in [0, 0.1) is 0 Å². The summed E-state index contributed by atoms with van der Waals surface area (Å²) >= 11 is 0. The number of piperidine rings is 1. The van der Waals surface area contributed by atoms with Gasteiger partial charge in [-0.15, -0.1) is 0 Å². The van der Waals surface area contributed by atoms with Crippen molar-refractivity contribution in [3.05, 3.63) is 35.9 Å². The average molecular weight is 287 g/mol. The minimum atomic E-state index is 1.11. The van der Waals surface area contributed by atoms with Crippen LogP contribution in [0.25, 0.3) is 0 Å². The Kier molecular flexibility index (Phi) is 5.67. The molecule has 2 saturated heterocycles. The fourth-order valence-electron chi connectivity index (χ4n) is 3.48. The van der Waals surface area contributed by atoms with Crippen molar-refractivity contribution in [3.63, 3.8) is 0 Å². The quantitative estimate of drug-likeness (QED) is 0.823. The van der Waals surface area contributed by atoms with Gasteiger partial charge in [-0.1, -0.05) is 36.8 Å². The lowest BCUT2D eigenvalue weighted by atomic mass is 10.1. The van der Waals surface area contributed by atoms with Crippen molar-refractivity contribution < 1.29 is 0 Å². The lowest BCUT2D eigenvalue weighted by Gasteiger charge is -2.36. The molecule has 0 spiro atoms. The Labute approximate surface area is 129 Å². The van der Waals surface area contributed by atoms with E-state index in [-0.39, 0.29) is 0 Å². The lowest BCUT2D eigenvalue weighted by molar-refractivity contribution is 0.110. The molecule has 116 valence electrons. The fraction of sp³-hybridized carbons (Fsp3) is 0.667. The van der Waals surface area contributed by atoms with Crippen LogP contribution in [0.3, 0.4) is 0 Å². The SMILES string of the molecule is c1ccc(CN2CCN(CCN3CCCCC3)CC2)cc1. The van der Waals surface area contributed by atoms with Gasteiger partial charge in [0, 0.05) is 45.8 Å². The number of piperazine rings is 1. The van der Waals surface area contributed by atoms with E-state index in [1.165, 1.54) is 77.2 Å². The molecule has 0 aromatic heterocycles. The fourth-order valence-corrected chi connectivity index (χ4v) is 3.48. The molecule has 3 nitrogen and oxygen atoms in total. The van der Waals surface area contributed by atoms with Gasteiger partial charge in [-0.25, -0.2) is 0 Å². The first-order valence-corrected chi connectivity index (χ1v) is 8.61. The Morgan fingerprint density at radius 3 is 1.86 bits per heavy atom. The van der Waals surface area contributed by atoms with Crippen LogP contribution in [0.4, 0.5) is 0 Å². The van der Waals surface area contributed by atoms with Gasteiger partial charge in [-0.05, 0) is 31.5 Å². The van der Waals surface area contributed by atoms with Crippen LogP contribution in [0.15, 0.2) is 30.3 Å². The van der Waals surface area contributed by atoms with Crippen LogP contribution in [0.1, 0.15) is 24.8 Å².